The van der Waals surface area contributed by atoms with E-state index in [1.165, 1.54) is 6.20 Å². The van der Waals surface area contributed by atoms with E-state index in [1.54, 1.807) is 29.4 Å². The van der Waals surface area contributed by atoms with E-state index in [1.807, 2.05) is 18.2 Å². The van der Waals surface area contributed by atoms with Gasteiger partial charge in [-0.2, -0.15) is 0 Å². The Hall–Kier alpha value is -2.60. The van der Waals surface area contributed by atoms with Crippen LogP contribution >= 0.6 is 0 Å². The molecule has 24 heavy (non-hydrogen) atoms. The van der Waals surface area contributed by atoms with Crippen molar-refractivity contribution in [1.29, 1.82) is 0 Å². The van der Waals surface area contributed by atoms with Crippen molar-refractivity contribution in [3.8, 4) is 0 Å². The molecule has 1 amide bonds. The van der Waals surface area contributed by atoms with Gasteiger partial charge in [0.15, 0.2) is 0 Å². The minimum Gasteiger partial charge on any atom is -0.334 e. The van der Waals surface area contributed by atoms with Crippen LogP contribution in [0.5, 0.6) is 0 Å². The number of amides is 1. The molecule has 3 rings (SSSR count). The van der Waals surface area contributed by atoms with Crippen LogP contribution in [-0.4, -0.2) is 57.6 Å². The third-order valence-corrected chi connectivity index (χ3v) is 4.11. The predicted octanol–water partition coefficient (Wildman–Crippen LogP) is 1.39. The van der Waals surface area contributed by atoms with Crippen LogP contribution in [0, 0.1) is 0 Å². The van der Waals surface area contributed by atoms with Crippen LogP contribution in [0.1, 0.15) is 22.5 Å². The number of rotatable bonds is 4. The molecule has 3 heterocycles. The van der Waals surface area contributed by atoms with E-state index in [2.05, 4.69) is 14.9 Å². The Labute approximate surface area is 141 Å². The molecule has 0 radical (unpaired) electrons. The van der Waals surface area contributed by atoms with Crippen LogP contribution < -0.4 is 0 Å². The average Bonchev–Trinajstić information content (AvgIpc) is 2.88. The molecule has 0 unspecified atom stereocenters. The van der Waals surface area contributed by atoms with Crippen molar-refractivity contribution in [2.24, 2.45) is 0 Å². The van der Waals surface area contributed by atoms with Crippen molar-refractivity contribution >= 4 is 11.7 Å². The van der Waals surface area contributed by atoms with Gasteiger partial charge in [0.25, 0.3) is 11.7 Å². The van der Waals surface area contributed by atoms with Crippen LogP contribution in [-0.2, 0) is 11.3 Å². The lowest BCUT2D eigenvalue weighted by molar-refractivity contribution is -0.126. The molecule has 1 saturated heterocycles. The summed E-state index contributed by atoms with van der Waals surface area (Å²) < 4.78 is 0. The summed E-state index contributed by atoms with van der Waals surface area (Å²) >= 11 is 0. The average molecular weight is 324 g/mol. The normalized spacial score (nSPS) is 15.8. The van der Waals surface area contributed by atoms with E-state index in [4.69, 9.17) is 0 Å². The lowest BCUT2D eigenvalue weighted by Crippen LogP contribution is -2.39. The maximum Gasteiger partial charge on any atom is 0.295 e. The molecule has 1 aliphatic rings. The van der Waals surface area contributed by atoms with Crippen LogP contribution in [0.15, 0.2) is 48.9 Å². The first-order chi connectivity index (χ1) is 11.7. The van der Waals surface area contributed by atoms with Gasteiger partial charge in [-0.1, -0.05) is 6.07 Å². The molecule has 0 spiro atoms. The van der Waals surface area contributed by atoms with Crippen molar-refractivity contribution < 1.29 is 9.59 Å². The summed E-state index contributed by atoms with van der Waals surface area (Å²) in [5.41, 5.74) is 1.36. The van der Waals surface area contributed by atoms with Gasteiger partial charge in [0.2, 0.25) is 0 Å². The number of aromatic nitrogens is 2. The van der Waals surface area contributed by atoms with Gasteiger partial charge in [0.05, 0.1) is 5.69 Å². The van der Waals surface area contributed by atoms with E-state index in [-0.39, 0.29) is 0 Å². The first-order valence-corrected chi connectivity index (χ1v) is 8.10. The Kier molecular flexibility index (Phi) is 5.28. The molecule has 1 fully saturated rings. The third kappa shape index (κ3) is 4.02. The minimum absolute atomic E-state index is 0.345. The van der Waals surface area contributed by atoms with E-state index in [9.17, 15) is 9.59 Å². The van der Waals surface area contributed by atoms with Crippen molar-refractivity contribution in [1.82, 2.24) is 19.8 Å². The summed E-state index contributed by atoms with van der Waals surface area (Å²) in [5, 5.41) is 0. The Morgan fingerprint density at radius 1 is 1.00 bits per heavy atom. The lowest BCUT2D eigenvalue weighted by atomic mass is 10.1. The standard InChI is InChI=1S/C18H20N4O2/c23-17(15-5-3-7-19-13-15)18(24)22-10-4-9-21(11-12-22)14-16-6-1-2-8-20-16/h1-3,5-8,13H,4,9-12,14H2. The number of ketones is 1. The highest BCUT2D eigenvalue weighted by Gasteiger charge is 2.25. The zero-order valence-electron chi connectivity index (χ0n) is 13.5. The van der Waals surface area contributed by atoms with Gasteiger partial charge >= 0.3 is 0 Å². The summed E-state index contributed by atoms with van der Waals surface area (Å²) in [7, 11) is 0. The fourth-order valence-corrected chi connectivity index (χ4v) is 2.82. The van der Waals surface area contributed by atoms with Crippen molar-refractivity contribution in [2.45, 2.75) is 13.0 Å². The molecule has 2 aromatic rings. The van der Waals surface area contributed by atoms with Crippen LogP contribution in [0.3, 0.4) is 0 Å². The molecule has 0 N–H and O–H groups in total. The maximum atomic E-state index is 12.4. The first-order valence-electron chi connectivity index (χ1n) is 8.10. The molecule has 124 valence electrons. The molecule has 6 heteroatoms. The van der Waals surface area contributed by atoms with Gasteiger partial charge in [-0.05, 0) is 30.7 Å². The van der Waals surface area contributed by atoms with Crippen molar-refractivity contribution in [3.05, 3.63) is 60.2 Å². The zero-order valence-corrected chi connectivity index (χ0v) is 13.5. The van der Waals surface area contributed by atoms with Crippen LogP contribution in [0.25, 0.3) is 0 Å². The SMILES string of the molecule is O=C(C(=O)N1CCCN(Cc2ccccn2)CC1)c1cccnc1. The summed E-state index contributed by atoms with van der Waals surface area (Å²) in [4.78, 5) is 36.9. The number of hydrogen-bond acceptors (Lipinski definition) is 5. The van der Waals surface area contributed by atoms with Gasteiger partial charge in [-0.25, -0.2) is 0 Å². The van der Waals surface area contributed by atoms with Gasteiger partial charge < -0.3 is 4.90 Å². The van der Waals surface area contributed by atoms with Gasteiger partial charge in [-0.15, -0.1) is 0 Å². The monoisotopic (exact) mass is 324 g/mol. The smallest absolute Gasteiger partial charge is 0.295 e. The molecule has 6 nitrogen and oxygen atoms in total. The maximum absolute atomic E-state index is 12.4. The highest BCUT2D eigenvalue weighted by atomic mass is 16.2. The predicted molar refractivity (Wildman–Crippen MR) is 89.3 cm³/mol. The number of hydrogen-bond donors (Lipinski definition) is 0. The molecule has 0 aromatic carbocycles. The largest absolute Gasteiger partial charge is 0.334 e. The van der Waals surface area contributed by atoms with Gasteiger partial charge in [0.1, 0.15) is 0 Å². The quantitative estimate of drug-likeness (QED) is 0.628. The number of carbonyl (C=O) groups is 2. The number of pyridine rings is 2. The van der Waals surface area contributed by atoms with Crippen molar-refractivity contribution in [3.63, 3.8) is 0 Å². The van der Waals surface area contributed by atoms with Gasteiger partial charge in [0, 0.05) is 56.9 Å². The minimum atomic E-state index is -0.485. The van der Waals surface area contributed by atoms with Crippen LogP contribution in [0.4, 0.5) is 0 Å². The summed E-state index contributed by atoms with van der Waals surface area (Å²) in [6, 6.07) is 9.16. The second kappa shape index (κ2) is 7.79. The Morgan fingerprint density at radius 3 is 2.67 bits per heavy atom. The second-order valence-corrected chi connectivity index (χ2v) is 5.81. The molecule has 0 saturated carbocycles. The Bertz CT molecular complexity index is 691. The molecular formula is C18H20N4O2. The summed E-state index contributed by atoms with van der Waals surface area (Å²) in [6.45, 7) is 3.55. The van der Waals surface area contributed by atoms with E-state index in [0.717, 1.165) is 31.7 Å². The molecule has 0 bridgehead atoms. The highest BCUT2D eigenvalue weighted by molar-refractivity contribution is 6.42. The third-order valence-electron chi connectivity index (χ3n) is 4.11. The molecular weight excluding hydrogens is 304 g/mol. The van der Waals surface area contributed by atoms with Crippen molar-refractivity contribution in [2.75, 3.05) is 26.2 Å². The Morgan fingerprint density at radius 2 is 1.92 bits per heavy atom. The zero-order chi connectivity index (χ0) is 16.8. The van der Waals surface area contributed by atoms with E-state index in [0.29, 0.717) is 18.7 Å². The first kappa shape index (κ1) is 16.3. The van der Waals surface area contributed by atoms with Crippen LogP contribution in [0.2, 0.25) is 0 Å². The van der Waals surface area contributed by atoms with E-state index >= 15 is 0 Å². The second-order valence-electron chi connectivity index (χ2n) is 5.81. The number of nitrogens with zero attached hydrogens (tertiary/aromatic N) is 4. The molecule has 1 aliphatic heterocycles. The molecule has 0 atom stereocenters. The number of carbonyl (C=O) groups excluding carboxylic acids is 2. The van der Waals surface area contributed by atoms with E-state index < -0.39 is 11.7 Å². The van der Waals surface area contributed by atoms with Gasteiger partial charge in [-0.3, -0.25) is 24.5 Å². The lowest BCUT2D eigenvalue weighted by Gasteiger charge is -2.21. The number of Topliss-reactive ketones (excluding diaryl/α,β-unsaturated/α-hetero) is 1. The highest BCUT2D eigenvalue weighted by Crippen LogP contribution is 2.09. The Balaban J connectivity index is 1.59. The molecule has 0 aliphatic carbocycles. The fourth-order valence-electron chi connectivity index (χ4n) is 2.82. The fraction of sp³-hybridized carbons (Fsp3) is 0.333. The molecule has 2 aromatic heterocycles. The summed E-state index contributed by atoms with van der Waals surface area (Å²) in [5.74, 6) is -0.927. The summed E-state index contributed by atoms with van der Waals surface area (Å²) in [6.07, 6.45) is 5.66. The topological polar surface area (TPSA) is 66.4 Å².